The molecular formula is C22H25N3O2. The van der Waals surface area contributed by atoms with Gasteiger partial charge in [-0.3, -0.25) is 0 Å². The summed E-state index contributed by atoms with van der Waals surface area (Å²) in [7, 11) is 1.76. The lowest BCUT2D eigenvalue weighted by Crippen LogP contribution is -2.31. The number of benzene rings is 2. The number of para-hydroxylation sites is 1. The molecule has 0 atom stereocenters. The quantitative estimate of drug-likeness (QED) is 0.679. The molecule has 2 amide bonds. The Kier molecular flexibility index (Phi) is 5.60. The number of nitrogens with one attached hydrogen (secondary N) is 1. The molecule has 0 spiro atoms. The van der Waals surface area contributed by atoms with Crippen LogP contribution >= 0.6 is 0 Å². The van der Waals surface area contributed by atoms with E-state index in [1.165, 1.54) is 0 Å². The standard InChI is InChI=1S/C22H25N3O2/c1-5-17-11-7-9-13-19(17)24-22(26)25(4)14-20-16(3)27-21(23-20)18-12-8-6-10-15(18)2/h6-13H,5,14H2,1-4H3,(H,24,26). The van der Waals surface area contributed by atoms with Crippen molar-refractivity contribution in [2.75, 3.05) is 12.4 Å². The lowest BCUT2D eigenvalue weighted by atomic mass is 10.1. The molecule has 0 aliphatic rings. The number of aryl methyl sites for hydroxylation is 3. The van der Waals surface area contributed by atoms with E-state index in [-0.39, 0.29) is 6.03 Å². The second-order valence-corrected chi connectivity index (χ2v) is 6.63. The fourth-order valence-corrected chi connectivity index (χ4v) is 2.96. The van der Waals surface area contributed by atoms with E-state index >= 15 is 0 Å². The van der Waals surface area contributed by atoms with Gasteiger partial charge in [0.25, 0.3) is 0 Å². The third kappa shape index (κ3) is 4.19. The predicted molar refractivity (Wildman–Crippen MR) is 108 cm³/mol. The first kappa shape index (κ1) is 18.7. The largest absolute Gasteiger partial charge is 0.441 e. The second kappa shape index (κ2) is 8.08. The molecule has 27 heavy (non-hydrogen) atoms. The van der Waals surface area contributed by atoms with E-state index < -0.39 is 0 Å². The molecule has 0 saturated carbocycles. The van der Waals surface area contributed by atoms with Crippen molar-refractivity contribution < 1.29 is 9.21 Å². The van der Waals surface area contributed by atoms with Crippen molar-refractivity contribution in [2.24, 2.45) is 0 Å². The zero-order chi connectivity index (χ0) is 19.4. The third-order valence-corrected chi connectivity index (χ3v) is 4.64. The topological polar surface area (TPSA) is 58.4 Å². The highest BCUT2D eigenvalue weighted by Gasteiger charge is 2.17. The summed E-state index contributed by atoms with van der Waals surface area (Å²) >= 11 is 0. The van der Waals surface area contributed by atoms with Crippen LogP contribution in [-0.4, -0.2) is 23.0 Å². The first-order valence-corrected chi connectivity index (χ1v) is 9.12. The molecule has 5 heteroatoms. The molecule has 0 unspecified atom stereocenters. The number of urea groups is 1. The summed E-state index contributed by atoms with van der Waals surface area (Å²) in [4.78, 5) is 18.8. The van der Waals surface area contributed by atoms with Crippen LogP contribution in [0.4, 0.5) is 10.5 Å². The molecule has 0 saturated heterocycles. The number of carbonyl (C=O) groups excluding carboxylic acids is 1. The molecule has 0 radical (unpaired) electrons. The number of rotatable bonds is 5. The fraction of sp³-hybridized carbons (Fsp3) is 0.273. The average Bonchev–Trinajstić information content (AvgIpc) is 3.02. The number of hydrogen-bond donors (Lipinski definition) is 1. The highest BCUT2D eigenvalue weighted by Crippen LogP contribution is 2.25. The Balaban J connectivity index is 1.73. The number of amides is 2. The van der Waals surface area contributed by atoms with Crippen molar-refractivity contribution in [2.45, 2.75) is 33.7 Å². The van der Waals surface area contributed by atoms with E-state index in [0.29, 0.717) is 12.4 Å². The zero-order valence-corrected chi connectivity index (χ0v) is 16.2. The van der Waals surface area contributed by atoms with Crippen molar-refractivity contribution >= 4 is 11.7 Å². The lowest BCUT2D eigenvalue weighted by Gasteiger charge is -2.18. The highest BCUT2D eigenvalue weighted by atomic mass is 16.4. The van der Waals surface area contributed by atoms with E-state index in [2.05, 4.69) is 17.2 Å². The lowest BCUT2D eigenvalue weighted by molar-refractivity contribution is 0.220. The minimum Gasteiger partial charge on any atom is -0.441 e. The minimum absolute atomic E-state index is 0.171. The summed E-state index contributed by atoms with van der Waals surface area (Å²) in [6.07, 6.45) is 0.863. The number of aromatic nitrogens is 1. The van der Waals surface area contributed by atoms with Crippen molar-refractivity contribution in [3.63, 3.8) is 0 Å². The zero-order valence-electron chi connectivity index (χ0n) is 16.2. The van der Waals surface area contributed by atoms with Gasteiger partial charge >= 0.3 is 6.03 Å². The van der Waals surface area contributed by atoms with Crippen LogP contribution in [0.3, 0.4) is 0 Å². The van der Waals surface area contributed by atoms with E-state index in [4.69, 9.17) is 4.42 Å². The molecular weight excluding hydrogens is 338 g/mol. The van der Waals surface area contributed by atoms with Gasteiger partial charge in [-0.15, -0.1) is 0 Å². The molecule has 140 valence electrons. The molecule has 1 N–H and O–H groups in total. The predicted octanol–water partition coefficient (Wildman–Crippen LogP) is 5.18. The third-order valence-electron chi connectivity index (χ3n) is 4.64. The van der Waals surface area contributed by atoms with Gasteiger partial charge in [0.2, 0.25) is 5.89 Å². The SMILES string of the molecule is CCc1ccccc1NC(=O)N(C)Cc1nc(-c2ccccc2C)oc1C. The Morgan fingerprint density at radius 1 is 1.11 bits per heavy atom. The van der Waals surface area contributed by atoms with Crippen LogP contribution < -0.4 is 5.32 Å². The maximum absolute atomic E-state index is 12.6. The summed E-state index contributed by atoms with van der Waals surface area (Å²) in [5.74, 6) is 1.31. The van der Waals surface area contributed by atoms with Gasteiger partial charge in [-0.05, 0) is 43.5 Å². The van der Waals surface area contributed by atoms with Gasteiger partial charge in [0, 0.05) is 18.3 Å². The maximum Gasteiger partial charge on any atom is 0.321 e. The van der Waals surface area contributed by atoms with Crippen LogP contribution in [0, 0.1) is 13.8 Å². The number of anilines is 1. The molecule has 5 nitrogen and oxygen atoms in total. The summed E-state index contributed by atoms with van der Waals surface area (Å²) in [5, 5.41) is 2.98. The van der Waals surface area contributed by atoms with Crippen LogP contribution in [0.1, 0.15) is 29.5 Å². The summed E-state index contributed by atoms with van der Waals surface area (Å²) in [5.41, 5.74) is 4.78. The van der Waals surface area contributed by atoms with Crippen LogP contribution in [0.15, 0.2) is 52.9 Å². The van der Waals surface area contributed by atoms with Gasteiger partial charge in [0.15, 0.2) is 0 Å². The molecule has 3 aromatic rings. The van der Waals surface area contributed by atoms with Gasteiger partial charge in [-0.25, -0.2) is 9.78 Å². The monoisotopic (exact) mass is 363 g/mol. The van der Waals surface area contributed by atoms with Crippen LogP contribution in [0.25, 0.3) is 11.5 Å². The van der Waals surface area contributed by atoms with Gasteiger partial charge in [0.05, 0.1) is 6.54 Å². The normalized spacial score (nSPS) is 10.7. The van der Waals surface area contributed by atoms with Gasteiger partial charge in [-0.1, -0.05) is 43.3 Å². The number of nitrogens with zero attached hydrogens (tertiary/aromatic N) is 2. The smallest absolute Gasteiger partial charge is 0.321 e. The van der Waals surface area contributed by atoms with E-state index in [9.17, 15) is 4.79 Å². The Bertz CT molecular complexity index is 946. The Morgan fingerprint density at radius 3 is 2.56 bits per heavy atom. The van der Waals surface area contributed by atoms with E-state index in [1.54, 1.807) is 11.9 Å². The number of hydrogen-bond acceptors (Lipinski definition) is 3. The van der Waals surface area contributed by atoms with Crippen molar-refractivity contribution in [1.29, 1.82) is 0 Å². The van der Waals surface area contributed by atoms with E-state index in [1.807, 2.05) is 62.4 Å². The highest BCUT2D eigenvalue weighted by molar-refractivity contribution is 5.90. The van der Waals surface area contributed by atoms with Crippen molar-refractivity contribution in [3.8, 4) is 11.5 Å². The first-order chi connectivity index (χ1) is 13.0. The first-order valence-electron chi connectivity index (χ1n) is 9.12. The molecule has 0 bridgehead atoms. The van der Waals surface area contributed by atoms with Crippen LogP contribution in [0.2, 0.25) is 0 Å². The van der Waals surface area contributed by atoms with Crippen LogP contribution in [-0.2, 0) is 13.0 Å². The van der Waals surface area contributed by atoms with Gasteiger partial charge in [-0.2, -0.15) is 0 Å². The minimum atomic E-state index is -0.171. The average molecular weight is 363 g/mol. The Labute approximate surface area is 160 Å². The fourth-order valence-electron chi connectivity index (χ4n) is 2.96. The summed E-state index contributed by atoms with van der Waals surface area (Å²) < 4.78 is 5.85. The Morgan fingerprint density at radius 2 is 1.81 bits per heavy atom. The molecule has 1 aromatic heterocycles. The molecule has 3 rings (SSSR count). The van der Waals surface area contributed by atoms with E-state index in [0.717, 1.165) is 40.3 Å². The number of oxazole rings is 1. The second-order valence-electron chi connectivity index (χ2n) is 6.63. The van der Waals surface area contributed by atoms with Gasteiger partial charge < -0.3 is 14.6 Å². The molecule has 0 aliphatic carbocycles. The van der Waals surface area contributed by atoms with Crippen LogP contribution in [0.5, 0.6) is 0 Å². The molecule has 1 heterocycles. The molecule has 2 aromatic carbocycles. The molecule has 0 fully saturated rings. The maximum atomic E-state index is 12.6. The number of carbonyl (C=O) groups is 1. The van der Waals surface area contributed by atoms with Gasteiger partial charge in [0.1, 0.15) is 11.5 Å². The Hall–Kier alpha value is -3.08. The van der Waals surface area contributed by atoms with Crippen molar-refractivity contribution in [1.82, 2.24) is 9.88 Å². The summed E-state index contributed by atoms with van der Waals surface area (Å²) in [6.45, 7) is 6.35. The summed E-state index contributed by atoms with van der Waals surface area (Å²) in [6, 6.07) is 15.6. The molecule has 0 aliphatic heterocycles. The van der Waals surface area contributed by atoms with Crippen molar-refractivity contribution in [3.05, 3.63) is 71.1 Å².